The van der Waals surface area contributed by atoms with Gasteiger partial charge >= 0.3 is 6.09 Å². The number of fused-ring (bicyclic) bond motifs is 1. The Balaban J connectivity index is 1.92. The van der Waals surface area contributed by atoms with E-state index in [0.29, 0.717) is 29.1 Å². The van der Waals surface area contributed by atoms with Crippen LogP contribution in [-0.2, 0) is 4.74 Å². The van der Waals surface area contributed by atoms with Crippen molar-refractivity contribution >= 4 is 34.9 Å². The summed E-state index contributed by atoms with van der Waals surface area (Å²) in [5.41, 5.74) is 3.66. The van der Waals surface area contributed by atoms with Gasteiger partial charge in [-0.1, -0.05) is 13.0 Å². The second kappa shape index (κ2) is 9.90. The van der Waals surface area contributed by atoms with Gasteiger partial charge in [-0.05, 0) is 50.5 Å². The molecule has 0 saturated carbocycles. The lowest BCUT2D eigenvalue weighted by Gasteiger charge is -2.12. The van der Waals surface area contributed by atoms with Crippen molar-refractivity contribution in [3.8, 4) is 0 Å². The minimum atomic E-state index is -0.803. The van der Waals surface area contributed by atoms with Gasteiger partial charge in [0.25, 0.3) is 11.8 Å². The van der Waals surface area contributed by atoms with Gasteiger partial charge in [-0.15, -0.1) is 0 Å². The van der Waals surface area contributed by atoms with Crippen LogP contribution in [0.1, 0.15) is 52.1 Å². The van der Waals surface area contributed by atoms with Gasteiger partial charge in [0, 0.05) is 24.0 Å². The van der Waals surface area contributed by atoms with Gasteiger partial charge in [0.15, 0.2) is 5.82 Å². The van der Waals surface area contributed by atoms with Gasteiger partial charge in [0.1, 0.15) is 11.8 Å². The number of aromatic nitrogens is 3. The van der Waals surface area contributed by atoms with E-state index in [1.165, 1.54) is 6.33 Å². The molecule has 0 aliphatic heterocycles. The molecule has 0 aliphatic carbocycles. The van der Waals surface area contributed by atoms with Crippen LogP contribution in [0.4, 0.5) is 16.3 Å². The van der Waals surface area contributed by atoms with Crippen LogP contribution in [0.5, 0.6) is 0 Å². The molecule has 0 atom stereocenters. The molecule has 0 bridgehead atoms. The van der Waals surface area contributed by atoms with E-state index in [4.69, 9.17) is 4.74 Å². The third-order valence-electron chi connectivity index (χ3n) is 4.85. The van der Waals surface area contributed by atoms with Gasteiger partial charge in [0.05, 0.1) is 12.2 Å². The Hall–Kier alpha value is -3.95. The number of aryl methyl sites for hydroxylation is 2. The number of carbonyl (C=O) groups is 3. The molecular weight excluding hydrogens is 412 g/mol. The van der Waals surface area contributed by atoms with Crippen LogP contribution in [0.3, 0.4) is 0 Å². The third kappa shape index (κ3) is 4.85. The molecule has 3 amide bonds. The Morgan fingerprint density at radius 1 is 1.12 bits per heavy atom. The number of anilines is 2. The highest BCUT2D eigenvalue weighted by atomic mass is 16.5. The van der Waals surface area contributed by atoms with Crippen molar-refractivity contribution in [1.29, 1.82) is 0 Å². The van der Waals surface area contributed by atoms with E-state index in [9.17, 15) is 14.4 Å². The van der Waals surface area contributed by atoms with Crippen molar-refractivity contribution in [3.63, 3.8) is 0 Å². The van der Waals surface area contributed by atoms with Gasteiger partial charge in [-0.3, -0.25) is 14.9 Å². The van der Waals surface area contributed by atoms with Crippen molar-refractivity contribution in [2.24, 2.45) is 0 Å². The lowest BCUT2D eigenvalue weighted by molar-refractivity contribution is 0.0921. The number of imide groups is 1. The number of rotatable bonds is 7. The van der Waals surface area contributed by atoms with Crippen molar-refractivity contribution in [2.75, 3.05) is 18.5 Å². The number of amides is 3. The van der Waals surface area contributed by atoms with E-state index in [1.807, 2.05) is 20.8 Å². The lowest BCUT2D eigenvalue weighted by atomic mass is 10.1. The Bertz CT molecular complexity index is 1170. The molecule has 0 radical (unpaired) electrons. The number of nitrogens with one attached hydrogen (secondary N) is 3. The van der Waals surface area contributed by atoms with Gasteiger partial charge in [-0.25, -0.2) is 14.3 Å². The molecule has 3 N–H and O–H groups in total. The molecule has 32 heavy (non-hydrogen) atoms. The fourth-order valence-corrected chi connectivity index (χ4v) is 3.17. The van der Waals surface area contributed by atoms with E-state index in [2.05, 4.69) is 26.0 Å². The molecule has 168 valence electrons. The molecular formula is C22H26N6O4. The SMILES string of the molecule is CCCNC(=O)c1cn2ncnc(Nc3cc(C(=O)NC(=O)OCC)ccc3C)c2c1C. The molecule has 1 aromatic carbocycles. The smallest absolute Gasteiger partial charge is 0.414 e. The van der Waals surface area contributed by atoms with Crippen LogP contribution in [0.2, 0.25) is 0 Å². The highest BCUT2D eigenvalue weighted by Crippen LogP contribution is 2.27. The molecule has 10 nitrogen and oxygen atoms in total. The van der Waals surface area contributed by atoms with Crippen LogP contribution < -0.4 is 16.0 Å². The normalized spacial score (nSPS) is 10.6. The molecule has 2 heterocycles. The highest BCUT2D eigenvalue weighted by Gasteiger charge is 2.19. The number of hydrogen-bond donors (Lipinski definition) is 3. The van der Waals surface area contributed by atoms with Crippen molar-refractivity contribution in [1.82, 2.24) is 25.2 Å². The molecule has 0 spiro atoms. The summed E-state index contributed by atoms with van der Waals surface area (Å²) in [5.74, 6) is -0.263. The van der Waals surface area contributed by atoms with Crippen molar-refractivity contribution in [2.45, 2.75) is 34.1 Å². The second-order valence-corrected chi connectivity index (χ2v) is 7.15. The second-order valence-electron chi connectivity index (χ2n) is 7.15. The van der Waals surface area contributed by atoms with E-state index in [0.717, 1.165) is 17.5 Å². The Morgan fingerprint density at radius 3 is 2.62 bits per heavy atom. The minimum absolute atomic E-state index is 0.165. The molecule has 3 aromatic rings. The van der Waals surface area contributed by atoms with Gasteiger partial charge in [-0.2, -0.15) is 5.10 Å². The Labute approximate surface area is 185 Å². The largest absolute Gasteiger partial charge is 0.450 e. The van der Waals surface area contributed by atoms with Crippen LogP contribution >= 0.6 is 0 Å². The summed E-state index contributed by atoms with van der Waals surface area (Å²) < 4.78 is 6.35. The molecule has 0 fully saturated rings. The Morgan fingerprint density at radius 2 is 1.91 bits per heavy atom. The maximum absolute atomic E-state index is 12.5. The van der Waals surface area contributed by atoms with Crippen LogP contribution in [0.15, 0.2) is 30.7 Å². The third-order valence-corrected chi connectivity index (χ3v) is 4.85. The molecule has 10 heteroatoms. The number of alkyl carbamates (subject to hydrolysis) is 1. The fraction of sp³-hybridized carbons (Fsp3) is 0.318. The van der Waals surface area contributed by atoms with E-state index >= 15 is 0 Å². The topological polar surface area (TPSA) is 127 Å². The summed E-state index contributed by atoms with van der Waals surface area (Å²) in [6, 6.07) is 4.99. The van der Waals surface area contributed by atoms with Crippen LogP contribution in [0.25, 0.3) is 5.52 Å². The number of benzene rings is 1. The van der Waals surface area contributed by atoms with Crippen molar-refractivity contribution < 1.29 is 19.1 Å². The number of nitrogens with zero attached hydrogens (tertiary/aromatic N) is 3. The summed E-state index contributed by atoms with van der Waals surface area (Å²) in [6.45, 7) is 8.10. The first kappa shape index (κ1) is 22.7. The zero-order chi connectivity index (χ0) is 23.3. The van der Waals surface area contributed by atoms with Crippen LogP contribution in [-0.4, -0.2) is 45.7 Å². The lowest BCUT2D eigenvalue weighted by Crippen LogP contribution is -2.31. The van der Waals surface area contributed by atoms with E-state index in [-0.39, 0.29) is 18.1 Å². The van der Waals surface area contributed by atoms with Gasteiger partial charge in [0.2, 0.25) is 0 Å². The highest BCUT2D eigenvalue weighted by molar-refractivity contribution is 6.03. The maximum Gasteiger partial charge on any atom is 0.414 e. The fourth-order valence-electron chi connectivity index (χ4n) is 3.17. The standard InChI is InChI=1S/C22H26N6O4/c1-5-9-23-21(30)16-11-28-18(14(16)4)19(24-12-25-28)26-17-10-15(8-7-13(17)3)20(29)27-22(31)32-6-2/h7-8,10-12H,5-6,9H2,1-4H3,(H,23,30)(H,24,25,26)(H,27,29,31). The first-order chi connectivity index (χ1) is 15.3. The van der Waals surface area contributed by atoms with E-state index < -0.39 is 12.0 Å². The first-order valence-electron chi connectivity index (χ1n) is 10.3. The van der Waals surface area contributed by atoms with Crippen LogP contribution in [0, 0.1) is 13.8 Å². The minimum Gasteiger partial charge on any atom is -0.450 e. The predicted octanol–water partition coefficient (Wildman–Crippen LogP) is 3.12. The average molecular weight is 438 g/mol. The summed E-state index contributed by atoms with van der Waals surface area (Å²) in [6.07, 6.45) is 3.08. The quantitative estimate of drug-likeness (QED) is 0.517. The van der Waals surface area contributed by atoms with E-state index in [1.54, 1.807) is 35.8 Å². The maximum atomic E-state index is 12.5. The number of ether oxygens (including phenoxy) is 1. The summed E-state index contributed by atoms with van der Waals surface area (Å²) in [7, 11) is 0. The number of hydrogen-bond acceptors (Lipinski definition) is 7. The monoisotopic (exact) mass is 438 g/mol. The molecule has 2 aromatic heterocycles. The zero-order valence-corrected chi connectivity index (χ0v) is 18.5. The molecule has 3 rings (SSSR count). The average Bonchev–Trinajstić information content (AvgIpc) is 3.11. The predicted molar refractivity (Wildman–Crippen MR) is 119 cm³/mol. The summed E-state index contributed by atoms with van der Waals surface area (Å²) >= 11 is 0. The molecule has 0 aliphatic rings. The molecule has 0 saturated heterocycles. The zero-order valence-electron chi connectivity index (χ0n) is 18.5. The summed E-state index contributed by atoms with van der Waals surface area (Å²) in [4.78, 5) is 40.8. The summed E-state index contributed by atoms with van der Waals surface area (Å²) in [5, 5.41) is 12.5. The first-order valence-corrected chi connectivity index (χ1v) is 10.3. The van der Waals surface area contributed by atoms with Crippen molar-refractivity contribution in [3.05, 3.63) is 53.0 Å². The number of carbonyl (C=O) groups excluding carboxylic acids is 3. The Kier molecular flexibility index (Phi) is 7.04. The van der Waals surface area contributed by atoms with Gasteiger partial charge < -0.3 is 15.4 Å². The molecule has 0 unspecified atom stereocenters.